The molecule has 9 heteroatoms. The lowest BCUT2D eigenvalue weighted by molar-refractivity contribution is 0.00826. The molecule has 4 aromatic rings. The molecule has 7 nitrogen and oxygen atoms in total. The Labute approximate surface area is 194 Å². The van der Waals surface area contributed by atoms with Gasteiger partial charge >= 0.3 is 0 Å². The van der Waals surface area contributed by atoms with E-state index in [1.807, 2.05) is 37.0 Å². The van der Waals surface area contributed by atoms with Crippen LogP contribution in [-0.4, -0.2) is 35.1 Å². The minimum atomic E-state index is -0.600. The number of rotatable bonds is 4. The van der Waals surface area contributed by atoms with Gasteiger partial charge in [-0.25, -0.2) is 13.9 Å². The Morgan fingerprint density at radius 3 is 2.79 bits per heavy atom. The lowest BCUT2D eigenvalue weighted by Gasteiger charge is -2.33. The molecule has 0 amide bonds. The van der Waals surface area contributed by atoms with Crippen LogP contribution >= 0.6 is 11.8 Å². The number of aromatic nitrogens is 5. The summed E-state index contributed by atoms with van der Waals surface area (Å²) in [4.78, 5) is 4.85. The van der Waals surface area contributed by atoms with E-state index in [9.17, 15) is 14.8 Å². The second kappa shape index (κ2) is 8.28. The van der Waals surface area contributed by atoms with E-state index < -0.39 is 11.4 Å². The molecule has 1 saturated carbocycles. The highest BCUT2D eigenvalue weighted by atomic mass is 32.2. The highest BCUT2D eigenvalue weighted by molar-refractivity contribution is 7.99. The van der Waals surface area contributed by atoms with Gasteiger partial charge in [-0.15, -0.1) is 0 Å². The van der Waals surface area contributed by atoms with E-state index in [1.54, 1.807) is 16.8 Å². The molecule has 4 heterocycles. The van der Waals surface area contributed by atoms with Crippen molar-refractivity contribution in [2.75, 3.05) is 0 Å². The fraction of sp³-hybridized carbons (Fsp3) is 0.333. The lowest BCUT2D eigenvalue weighted by atomic mass is 9.83. The SMILES string of the molecule is Cc1c(-c2cc(Sc3ncccc3F)c3c(C#N)cnn3c2)cnn1[C@H]1CC[C@@](C)(O)CC1. The monoisotopic (exact) mass is 462 g/mol. The number of hydrogen-bond donors (Lipinski definition) is 1. The number of nitrogens with zero attached hydrogens (tertiary/aromatic N) is 6. The summed E-state index contributed by atoms with van der Waals surface area (Å²) in [6.07, 6.45) is 10.0. The van der Waals surface area contributed by atoms with Crippen molar-refractivity contribution < 1.29 is 9.50 Å². The molecule has 1 fully saturated rings. The zero-order valence-corrected chi connectivity index (χ0v) is 19.2. The molecule has 0 radical (unpaired) electrons. The summed E-state index contributed by atoms with van der Waals surface area (Å²) in [6.45, 7) is 3.93. The molecular formula is C24H23FN6OS. The van der Waals surface area contributed by atoms with Crippen molar-refractivity contribution in [3.05, 3.63) is 60.1 Å². The third-order valence-electron chi connectivity index (χ3n) is 6.36. The summed E-state index contributed by atoms with van der Waals surface area (Å²) >= 11 is 1.17. The summed E-state index contributed by atoms with van der Waals surface area (Å²) < 4.78 is 18.0. The summed E-state index contributed by atoms with van der Waals surface area (Å²) in [5, 5.41) is 29.1. The summed E-state index contributed by atoms with van der Waals surface area (Å²) in [5.74, 6) is -0.416. The van der Waals surface area contributed by atoms with Crippen molar-refractivity contribution >= 4 is 17.3 Å². The Morgan fingerprint density at radius 2 is 2.06 bits per heavy atom. The summed E-state index contributed by atoms with van der Waals surface area (Å²) in [6, 6.07) is 7.27. The predicted octanol–water partition coefficient (Wildman–Crippen LogP) is 4.93. The normalized spacial score (nSPS) is 20.8. The van der Waals surface area contributed by atoms with Crippen LogP contribution in [0.15, 0.2) is 52.9 Å². The van der Waals surface area contributed by atoms with Crippen molar-refractivity contribution in [2.24, 2.45) is 0 Å². The van der Waals surface area contributed by atoms with Crippen LogP contribution in [0.25, 0.3) is 16.6 Å². The van der Waals surface area contributed by atoms with Crippen molar-refractivity contribution in [1.29, 1.82) is 5.26 Å². The van der Waals surface area contributed by atoms with Gasteiger partial charge in [-0.05, 0) is 57.7 Å². The number of fused-ring (bicyclic) bond motifs is 1. The standard InChI is InChI=1S/C24H23FN6OS/c1-15-19(13-29-31(15)18-5-7-24(2,32)8-6-18)16-10-21(33-23-20(25)4-3-9-27-23)22-17(11-26)12-28-30(22)14-16/h3-4,9-10,12-14,18,32H,5-8H2,1-2H3/t18-,24+. The largest absolute Gasteiger partial charge is 0.390 e. The molecule has 1 aliphatic carbocycles. The van der Waals surface area contributed by atoms with E-state index in [0.717, 1.165) is 42.5 Å². The molecule has 4 aromatic heterocycles. The maximum absolute atomic E-state index is 14.3. The molecule has 0 bridgehead atoms. The average Bonchev–Trinajstić information content (AvgIpc) is 3.39. The average molecular weight is 463 g/mol. The van der Waals surface area contributed by atoms with Crippen LogP contribution in [0.5, 0.6) is 0 Å². The maximum atomic E-state index is 14.3. The van der Waals surface area contributed by atoms with Crippen molar-refractivity contribution in [1.82, 2.24) is 24.4 Å². The number of aliphatic hydroxyl groups is 1. The fourth-order valence-corrected chi connectivity index (χ4v) is 5.46. The van der Waals surface area contributed by atoms with Gasteiger partial charge in [-0.3, -0.25) is 4.68 Å². The van der Waals surface area contributed by atoms with E-state index in [1.165, 1.54) is 24.0 Å². The molecule has 0 atom stereocenters. The molecule has 0 saturated heterocycles. The minimum absolute atomic E-state index is 0.239. The minimum Gasteiger partial charge on any atom is -0.390 e. The lowest BCUT2D eigenvalue weighted by Crippen LogP contribution is -2.31. The molecule has 0 aromatic carbocycles. The van der Waals surface area contributed by atoms with Crippen LogP contribution in [0, 0.1) is 24.1 Å². The van der Waals surface area contributed by atoms with Gasteiger partial charge in [0.05, 0.1) is 35.1 Å². The molecule has 5 rings (SSSR count). The molecular weight excluding hydrogens is 439 g/mol. The van der Waals surface area contributed by atoms with Crippen LogP contribution in [0.2, 0.25) is 0 Å². The Kier molecular flexibility index (Phi) is 5.43. The Balaban J connectivity index is 1.57. The van der Waals surface area contributed by atoms with Gasteiger partial charge in [0.15, 0.2) is 5.82 Å². The molecule has 0 unspecified atom stereocenters. The van der Waals surface area contributed by atoms with Crippen LogP contribution in [0.3, 0.4) is 0 Å². The van der Waals surface area contributed by atoms with E-state index >= 15 is 0 Å². The molecule has 0 aliphatic heterocycles. The smallest absolute Gasteiger partial charge is 0.155 e. The van der Waals surface area contributed by atoms with E-state index in [-0.39, 0.29) is 11.1 Å². The number of halogens is 1. The van der Waals surface area contributed by atoms with Crippen LogP contribution in [-0.2, 0) is 0 Å². The first-order valence-electron chi connectivity index (χ1n) is 10.8. The summed E-state index contributed by atoms with van der Waals surface area (Å²) in [5.41, 5.74) is 3.29. The van der Waals surface area contributed by atoms with Crippen LogP contribution in [0.1, 0.15) is 49.9 Å². The van der Waals surface area contributed by atoms with Crippen LogP contribution < -0.4 is 0 Å². The van der Waals surface area contributed by atoms with E-state index in [2.05, 4.69) is 21.3 Å². The third-order valence-corrected chi connectivity index (χ3v) is 7.39. The van der Waals surface area contributed by atoms with E-state index in [4.69, 9.17) is 0 Å². The van der Waals surface area contributed by atoms with Crippen LogP contribution in [0.4, 0.5) is 4.39 Å². The predicted molar refractivity (Wildman–Crippen MR) is 122 cm³/mol. The Hall–Kier alpha value is -3.22. The van der Waals surface area contributed by atoms with Crippen molar-refractivity contribution in [3.63, 3.8) is 0 Å². The highest BCUT2D eigenvalue weighted by Gasteiger charge is 2.30. The highest BCUT2D eigenvalue weighted by Crippen LogP contribution is 2.39. The molecule has 168 valence electrons. The molecule has 1 aliphatic rings. The number of hydrogen-bond acceptors (Lipinski definition) is 6. The maximum Gasteiger partial charge on any atom is 0.155 e. The molecule has 33 heavy (non-hydrogen) atoms. The van der Waals surface area contributed by atoms with Gasteiger partial charge in [-0.2, -0.15) is 15.5 Å². The third kappa shape index (κ3) is 4.01. The van der Waals surface area contributed by atoms with E-state index in [0.29, 0.717) is 16.0 Å². The second-order valence-electron chi connectivity index (χ2n) is 8.77. The summed E-state index contributed by atoms with van der Waals surface area (Å²) in [7, 11) is 0. The van der Waals surface area contributed by atoms with Gasteiger partial charge in [-0.1, -0.05) is 11.8 Å². The molecule has 1 N–H and O–H groups in total. The van der Waals surface area contributed by atoms with Gasteiger partial charge in [0.1, 0.15) is 11.1 Å². The topological polar surface area (TPSA) is 92.0 Å². The Bertz CT molecular complexity index is 1380. The van der Waals surface area contributed by atoms with Gasteiger partial charge in [0.2, 0.25) is 0 Å². The zero-order valence-electron chi connectivity index (χ0n) is 18.4. The first-order chi connectivity index (χ1) is 15.9. The zero-order chi connectivity index (χ0) is 23.2. The first-order valence-corrected chi connectivity index (χ1v) is 11.6. The number of pyridine rings is 2. The molecule has 0 spiro atoms. The Morgan fingerprint density at radius 1 is 1.27 bits per heavy atom. The second-order valence-corrected chi connectivity index (χ2v) is 9.80. The first kappa shape index (κ1) is 21.6. The van der Waals surface area contributed by atoms with Gasteiger partial charge in [0, 0.05) is 34.1 Å². The van der Waals surface area contributed by atoms with Gasteiger partial charge < -0.3 is 5.11 Å². The van der Waals surface area contributed by atoms with Gasteiger partial charge in [0.25, 0.3) is 0 Å². The fourth-order valence-electron chi connectivity index (χ4n) is 4.49. The van der Waals surface area contributed by atoms with Crippen molar-refractivity contribution in [2.45, 2.75) is 61.1 Å². The van der Waals surface area contributed by atoms with Crippen molar-refractivity contribution in [3.8, 4) is 17.2 Å². The number of nitriles is 1. The quantitative estimate of drug-likeness (QED) is 0.462.